The van der Waals surface area contributed by atoms with E-state index in [0.29, 0.717) is 17.1 Å². The Morgan fingerprint density at radius 3 is 2.39 bits per heavy atom. The fraction of sp³-hybridized carbons (Fsp3) is 0.455. The minimum Gasteiger partial charge on any atom is -0.207 e. The summed E-state index contributed by atoms with van der Waals surface area (Å²) in [6.07, 6.45) is 0.725. The van der Waals surface area contributed by atoms with Crippen molar-refractivity contribution in [1.82, 2.24) is 4.31 Å². The number of sulfonamides is 1. The molecule has 1 rings (SSSR count). The van der Waals surface area contributed by atoms with Gasteiger partial charge in [-0.05, 0) is 18.6 Å². The third-order valence-electron chi connectivity index (χ3n) is 2.51. The summed E-state index contributed by atoms with van der Waals surface area (Å²) in [6, 6.07) is 2.90. The minimum atomic E-state index is -3.60. The van der Waals surface area contributed by atoms with E-state index in [1.165, 1.54) is 23.5 Å². The molecule has 0 fully saturated rings. The topological polar surface area (TPSA) is 37.4 Å². The van der Waals surface area contributed by atoms with Crippen LogP contribution in [0.4, 0.5) is 0 Å². The summed E-state index contributed by atoms with van der Waals surface area (Å²) in [7, 11) is -2.08. The molecule has 0 aromatic heterocycles. The fourth-order valence-corrected chi connectivity index (χ4v) is 4.06. The lowest BCUT2D eigenvalue weighted by molar-refractivity contribution is 0.468. The minimum absolute atomic E-state index is 0.0418. The molecule has 0 amide bonds. The Hall–Kier alpha value is -0.000000000000000167. The second-order valence-electron chi connectivity index (χ2n) is 3.80. The Morgan fingerprint density at radius 1 is 1.28 bits per heavy atom. The predicted molar refractivity (Wildman–Crippen MR) is 76.1 cm³/mol. The summed E-state index contributed by atoms with van der Waals surface area (Å²) >= 11 is 17.7. The molecule has 3 nitrogen and oxygen atoms in total. The zero-order valence-corrected chi connectivity index (χ0v) is 13.2. The van der Waals surface area contributed by atoms with Crippen molar-refractivity contribution in [3.63, 3.8) is 0 Å². The molecule has 18 heavy (non-hydrogen) atoms. The van der Waals surface area contributed by atoms with E-state index in [9.17, 15) is 8.42 Å². The molecule has 0 aliphatic carbocycles. The molecule has 1 aromatic rings. The molecular weight excluding hydrogens is 317 g/mol. The van der Waals surface area contributed by atoms with Crippen LogP contribution < -0.4 is 0 Å². The monoisotopic (exact) mass is 329 g/mol. The van der Waals surface area contributed by atoms with Crippen LogP contribution in [0.15, 0.2) is 17.0 Å². The normalized spacial score (nSPS) is 12.1. The number of alkyl halides is 1. The highest BCUT2D eigenvalue weighted by Crippen LogP contribution is 2.33. The van der Waals surface area contributed by atoms with E-state index in [1.54, 1.807) is 0 Å². The molecule has 0 aliphatic heterocycles. The van der Waals surface area contributed by atoms with Crippen molar-refractivity contribution in [1.29, 1.82) is 0 Å². The molecule has 0 saturated carbocycles. The maximum atomic E-state index is 12.3. The van der Waals surface area contributed by atoms with Crippen molar-refractivity contribution >= 4 is 44.8 Å². The summed E-state index contributed by atoms with van der Waals surface area (Å²) in [6.45, 7) is 2.33. The zero-order chi connectivity index (χ0) is 13.9. The van der Waals surface area contributed by atoms with E-state index in [1.807, 2.05) is 6.92 Å². The van der Waals surface area contributed by atoms with E-state index < -0.39 is 10.0 Å². The Labute approximate surface area is 123 Å². The van der Waals surface area contributed by atoms with Crippen LogP contribution in [0.25, 0.3) is 0 Å². The molecule has 0 saturated heterocycles. The molecule has 0 N–H and O–H groups in total. The summed E-state index contributed by atoms with van der Waals surface area (Å²) in [4.78, 5) is 0.0418. The van der Waals surface area contributed by atoms with Gasteiger partial charge in [-0.15, -0.1) is 11.6 Å². The van der Waals surface area contributed by atoms with Gasteiger partial charge in [-0.1, -0.05) is 30.1 Å². The maximum Gasteiger partial charge on any atom is 0.244 e. The number of benzene rings is 1. The van der Waals surface area contributed by atoms with Crippen molar-refractivity contribution in [3.8, 4) is 0 Å². The molecule has 0 spiro atoms. The third-order valence-corrected chi connectivity index (χ3v) is 5.58. The van der Waals surface area contributed by atoms with Gasteiger partial charge in [-0.2, -0.15) is 0 Å². The molecule has 0 aliphatic rings. The van der Waals surface area contributed by atoms with Gasteiger partial charge in [0, 0.05) is 24.2 Å². The van der Waals surface area contributed by atoms with Crippen LogP contribution in [0.1, 0.15) is 18.9 Å². The molecule has 0 bridgehead atoms. The summed E-state index contributed by atoms with van der Waals surface area (Å²) < 4.78 is 25.8. The SMILES string of the molecule is CCCN(C)S(=O)(=O)c1ccc(Cl)c(CCl)c1Cl. The standard InChI is InChI=1S/C11H14Cl3NO2S/c1-3-6-15(2)18(16,17)10-5-4-9(13)8(7-12)11(10)14/h4-5H,3,6-7H2,1-2H3. The van der Waals surface area contributed by atoms with E-state index in [4.69, 9.17) is 34.8 Å². The van der Waals surface area contributed by atoms with Crippen LogP contribution in [0.3, 0.4) is 0 Å². The number of rotatable bonds is 5. The van der Waals surface area contributed by atoms with Crippen LogP contribution in [-0.4, -0.2) is 26.3 Å². The number of hydrogen-bond donors (Lipinski definition) is 0. The van der Waals surface area contributed by atoms with Crippen molar-refractivity contribution < 1.29 is 8.42 Å². The summed E-state index contributed by atoms with van der Waals surface area (Å²) in [5, 5.41) is 0.465. The molecular formula is C11H14Cl3NO2S. The highest BCUT2D eigenvalue weighted by Gasteiger charge is 2.25. The zero-order valence-electron chi connectivity index (χ0n) is 10.1. The van der Waals surface area contributed by atoms with E-state index in [0.717, 1.165) is 6.42 Å². The van der Waals surface area contributed by atoms with E-state index in [-0.39, 0.29) is 15.8 Å². The first-order chi connectivity index (χ1) is 8.36. The molecule has 0 heterocycles. The Bertz CT molecular complexity index is 531. The van der Waals surface area contributed by atoms with Gasteiger partial charge in [-0.3, -0.25) is 0 Å². The Balaban J connectivity index is 3.34. The van der Waals surface area contributed by atoms with Crippen LogP contribution in [0.5, 0.6) is 0 Å². The highest BCUT2D eigenvalue weighted by molar-refractivity contribution is 7.89. The van der Waals surface area contributed by atoms with Crippen molar-refractivity contribution in [3.05, 3.63) is 27.7 Å². The lowest BCUT2D eigenvalue weighted by Crippen LogP contribution is -2.28. The van der Waals surface area contributed by atoms with Gasteiger partial charge in [0.2, 0.25) is 10.0 Å². The number of halogens is 3. The van der Waals surface area contributed by atoms with Gasteiger partial charge >= 0.3 is 0 Å². The third kappa shape index (κ3) is 3.11. The second-order valence-corrected chi connectivity index (χ2v) is 6.86. The largest absolute Gasteiger partial charge is 0.244 e. The lowest BCUT2D eigenvalue weighted by atomic mass is 10.2. The Morgan fingerprint density at radius 2 is 1.89 bits per heavy atom. The first-order valence-electron chi connectivity index (χ1n) is 5.35. The van der Waals surface area contributed by atoms with Crippen molar-refractivity contribution in [2.24, 2.45) is 0 Å². The Kier molecular flexibility index (Phi) is 5.74. The van der Waals surface area contributed by atoms with Gasteiger partial charge in [-0.25, -0.2) is 12.7 Å². The average molecular weight is 331 g/mol. The highest BCUT2D eigenvalue weighted by atomic mass is 35.5. The van der Waals surface area contributed by atoms with Crippen LogP contribution in [-0.2, 0) is 15.9 Å². The molecule has 102 valence electrons. The van der Waals surface area contributed by atoms with Crippen LogP contribution in [0, 0.1) is 0 Å². The van der Waals surface area contributed by atoms with Gasteiger partial charge in [0.15, 0.2) is 0 Å². The van der Waals surface area contributed by atoms with Gasteiger partial charge in [0.25, 0.3) is 0 Å². The quantitative estimate of drug-likeness (QED) is 0.771. The molecule has 7 heteroatoms. The average Bonchev–Trinajstić information content (AvgIpc) is 2.29. The molecule has 0 atom stereocenters. The number of hydrogen-bond acceptors (Lipinski definition) is 2. The fourth-order valence-electron chi connectivity index (χ4n) is 1.50. The second kappa shape index (κ2) is 6.44. The van der Waals surface area contributed by atoms with Crippen LogP contribution in [0.2, 0.25) is 10.0 Å². The summed E-state index contributed by atoms with van der Waals surface area (Å²) in [5.74, 6) is 0.0680. The lowest BCUT2D eigenvalue weighted by Gasteiger charge is -2.18. The molecule has 1 aromatic carbocycles. The first-order valence-corrected chi connectivity index (χ1v) is 8.08. The van der Waals surface area contributed by atoms with Gasteiger partial charge in [0.1, 0.15) is 4.90 Å². The smallest absolute Gasteiger partial charge is 0.207 e. The molecule has 0 radical (unpaired) electrons. The first kappa shape index (κ1) is 16.1. The van der Waals surface area contributed by atoms with Crippen molar-refractivity contribution in [2.45, 2.75) is 24.1 Å². The van der Waals surface area contributed by atoms with E-state index in [2.05, 4.69) is 0 Å². The maximum absolute atomic E-state index is 12.3. The van der Waals surface area contributed by atoms with Gasteiger partial charge < -0.3 is 0 Å². The number of nitrogens with zero attached hydrogens (tertiary/aromatic N) is 1. The summed E-state index contributed by atoms with van der Waals surface area (Å²) in [5.41, 5.74) is 0.436. The van der Waals surface area contributed by atoms with Crippen LogP contribution >= 0.6 is 34.8 Å². The van der Waals surface area contributed by atoms with Crippen molar-refractivity contribution in [2.75, 3.05) is 13.6 Å². The van der Waals surface area contributed by atoms with E-state index >= 15 is 0 Å². The predicted octanol–water partition coefficient (Wildman–Crippen LogP) is 3.76. The molecule has 0 unspecified atom stereocenters. The van der Waals surface area contributed by atoms with Gasteiger partial charge in [0.05, 0.1) is 10.9 Å².